The molecule has 0 radical (unpaired) electrons. The number of likely N-dealkylation sites (N-methyl/N-ethyl adjacent to an activating group) is 4. The number of Topliss-reactive ketones (excluding diaryl/α,β-unsaturated/α-hetero) is 4. The quantitative estimate of drug-likeness (QED) is 0.220. The van der Waals surface area contributed by atoms with E-state index in [1.165, 1.54) is 0 Å². The van der Waals surface area contributed by atoms with E-state index in [9.17, 15) is 19.2 Å². The number of hydrogen-bond donors (Lipinski definition) is 0. The van der Waals surface area contributed by atoms with Crippen molar-refractivity contribution in [3.8, 4) is 0 Å². The third-order valence-electron chi connectivity index (χ3n) is 7.23. The largest absolute Gasteiger partial charge is 1.00 e. The fourth-order valence-electron chi connectivity index (χ4n) is 4.88. The van der Waals surface area contributed by atoms with Crippen molar-refractivity contribution < 1.29 is 225 Å². The summed E-state index contributed by atoms with van der Waals surface area (Å²) >= 11 is 0. The molecule has 0 bridgehead atoms. The number of likely N-dealkylation sites (tertiary alicyclic amines) is 4. The van der Waals surface area contributed by atoms with Crippen molar-refractivity contribution in [3.63, 3.8) is 0 Å². The van der Waals surface area contributed by atoms with Gasteiger partial charge >= 0.3 is 206 Å². The Balaban J connectivity index is -0.0000000358. The fraction of sp³-hybridized carbons (Fsp3) is 0.644. The zero-order valence-corrected chi connectivity index (χ0v) is 53.3. The van der Waals surface area contributed by atoms with E-state index in [0.717, 1.165) is 51.9 Å². The second kappa shape index (κ2) is 77.3. The normalized spacial score (nSPS) is 18.9. The van der Waals surface area contributed by atoms with Crippen LogP contribution in [0.1, 0.15) is 116 Å². The van der Waals surface area contributed by atoms with Gasteiger partial charge in [0.25, 0.3) is 0 Å². The number of hydrogen-bond acceptors (Lipinski definition) is 8. The number of carbonyl (C=O) groups is 4. The number of rotatable bonds is 4. The summed E-state index contributed by atoms with van der Waals surface area (Å²) in [5.74, 6) is 1.13. The van der Waals surface area contributed by atoms with Crippen LogP contribution in [0, 0.1) is 52.0 Å². The van der Waals surface area contributed by atoms with Crippen LogP contribution in [0.2, 0.25) is 0 Å². The third-order valence-corrected chi connectivity index (χ3v) is 7.23. The molecule has 12 heteroatoms. The molecule has 0 amide bonds. The van der Waals surface area contributed by atoms with Crippen LogP contribution in [-0.4, -0.2) is 121 Å². The Labute approximate surface area is 529 Å². The summed E-state index contributed by atoms with van der Waals surface area (Å²) in [6.45, 7) is 54.5. The molecule has 4 heterocycles. The van der Waals surface area contributed by atoms with E-state index >= 15 is 0 Å². The minimum Gasteiger partial charge on any atom is -0.521 e. The molecule has 0 aliphatic carbocycles. The van der Waals surface area contributed by atoms with Crippen molar-refractivity contribution in [2.24, 2.45) is 0 Å². The van der Waals surface area contributed by atoms with E-state index in [0.29, 0.717) is 0 Å². The molecule has 0 spiro atoms. The molecule has 320 valence electrons. The van der Waals surface area contributed by atoms with Crippen LogP contribution in [0.5, 0.6) is 0 Å². The summed E-state index contributed by atoms with van der Waals surface area (Å²) in [6.07, 6.45) is 12.3. The van der Waals surface area contributed by atoms with Gasteiger partial charge in [-0.3, -0.25) is 45.5 Å². The van der Waals surface area contributed by atoms with E-state index in [1.807, 2.05) is 83.6 Å². The number of ketones is 4. The Kier molecular flexibility index (Phi) is 129. The maximum atomic E-state index is 10.8. The average molecular weight is 906 g/mol. The summed E-state index contributed by atoms with van der Waals surface area (Å²) in [6, 6.07) is 0.685. The molecule has 4 aliphatic heterocycles. The molecule has 4 rings (SSSR count). The molecule has 0 unspecified atom stereocenters. The third kappa shape index (κ3) is 56.1. The average Bonchev–Trinajstić information content (AvgIpc) is 4.01. The second-order valence-corrected chi connectivity index (χ2v) is 10.4. The van der Waals surface area contributed by atoms with Crippen LogP contribution in [0.15, 0.2) is 26.3 Å². The van der Waals surface area contributed by atoms with Crippen molar-refractivity contribution in [2.45, 2.75) is 140 Å². The second-order valence-electron chi connectivity index (χ2n) is 10.4. The van der Waals surface area contributed by atoms with Gasteiger partial charge in [-0.15, -0.1) is 26.2 Å². The zero-order valence-electron chi connectivity index (χ0n) is 40.8. The van der Waals surface area contributed by atoms with Crippen LogP contribution >= 0.6 is 0 Å². The Morgan fingerprint density at radius 3 is 0.526 bits per heavy atom. The fourth-order valence-corrected chi connectivity index (χ4v) is 4.88. The van der Waals surface area contributed by atoms with Gasteiger partial charge in [-0.05, 0) is 55.9 Å². The number of nitrogens with zero attached hydrogens (tertiary/aromatic N) is 4. The first-order chi connectivity index (χ1) is 24.9. The van der Waals surface area contributed by atoms with E-state index in [4.69, 9.17) is 0 Å². The molecular formula is C45H88K4N4O4-4. The van der Waals surface area contributed by atoms with Crippen LogP contribution < -0.4 is 206 Å². The predicted octanol–water partition coefficient (Wildman–Crippen LogP) is -2.89. The summed E-state index contributed by atoms with van der Waals surface area (Å²) < 4.78 is 0. The van der Waals surface area contributed by atoms with Gasteiger partial charge in [-0.1, -0.05) is 62.8 Å². The van der Waals surface area contributed by atoms with Gasteiger partial charge in [0, 0.05) is 24.2 Å². The summed E-state index contributed by atoms with van der Waals surface area (Å²) in [5.41, 5.74) is 0. The van der Waals surface area contributed by atoms with Gasteiger partial charge in [0.05, 0.1) is 0 Å². The Bertz CT molecular complexity index is 685. The van der Waals surface area contributed by atoms with Gasteiger partial charge < -0.3 is 71.6 Å². The molecule has 4 aliphatic rings. The van der Waals surface area contributed by atoms with Crippen molar-refractivity contribution in [2.75, 3.05) is 54.4 Å². The molecule has 0 aromatic carbocycles. The van der Waals surface area contributed by atoms with Gasteiger partial charge in [-0.2, -0.15) is 25.7 Å². The first-order valence-electron chi connectivity index (χ1n) is 18.6. The molecule has 0 aromatic rings. The monoisotopic (exact) mass is 905 g/mol. The standard InChI is InChI=1S/4C7H12NO.4C2H6.4C2H3.CH4.4K/c4*1-6(9)7-4-3-5-8(7)2;8*1-2;;;;;/h4*3,7H,4-5H2,1-2H3;4*1-2H3;4*1H,2H2;1H4;;;;/q4*-1;;;;;4*-1;;4*+1/t4*7-;;;;;;;;;;;;;/m1100............./s1. The molecule has 57 heavy (non-hydrogen) atoms. The molecule has 0 saturated carbocycles. The minimum absolute atomic E-state index is 0. The van der Waals surface area contributed by atoms with Crippen molar-refractivity contribution in [1.82, 2.24) is 19.6 Å². The number of carbonyl (C=O) groups excluding carboxylic acids is 4. The molecule has 4 saturated heterocycles. The maximum absolute atomic E-state index is 10.8. The Morgan fingerprint density at radius 1 is 0.386 bits per heavy atom. The summed E-state index contributed by atoms with van der Waals surface area (Å²) in [5, 5.41) is 0. The first-order valence-corrected chi connectivity index (χ1v) is 18.6. The minimum atomic E-state index is 0. The topological polar surface area (TPSA) is 81.2 Å². The molecule has 4 atom stereocenters. The molecule has 0 N–H and O–H groups in total. The van der Waals surface area contributed by atoms with Crippen molar-refractivity contribution in [1.29, 1.82) is 0 Å². The molecule has 0 aromatic heterocycles. The van der Waals surface area contributed by atoms with E-state index < -0.39 is 0 Å². The van der Waals surface area contributed by atoms with Gasteiger partial charge in [0.1, 0.15) is 23.1 Å². The van der Waals surface area contributed by atoms with Crippen LogP contribution in [0.4, 0.5) is 0 Å². The summed E-state index contributed by atoms with van der Waals surface area (Å²) in [4.78, 5) is 51.5. The van der Waals surface area contributed by atoms with Crippen LogP contribution in [-0.2, 0) is 19.2 Å². The zero-order chi connectivity index (χ0) is 43.4. The van der Waals surface area contributed by atoms with E-state index in [1.54, 1.807) is 27.7 Å². The smallest absolute Gasteiger partial charge is 0.521 e. The molecule has 8 nitrogen and oxygen atoms in total. The van der Waals surface area contributed by atoms with E-state index in [-0.39, 0.29) is 260 Å². The molecular weight excluding hydrogens is 817 g/mol. The Morgan fingerprint density at radius 2 is 0.491 bits per heavy atom. The van der Waals surface area contributed by atoms with Crippen LogP contribution in [0.25, 0.3) is 0 Å². The van der Waals surface area contributed by atoms with Crippen molar-refractivity contribution >= 4 is 23.1 Å². The van der Waals surface area contributed by atoms with Crippen molar-refractivity contribution in [3.05, 3.63) is 78.3 Å². The maximum Gasteiger partial charge on any atom is 1.00 e. The SMILES string of the molecule is C.CC.CC.CC.CC.CC(=O)[C@@H]1C[CH-]CN1C.CC(=O)[C@@H]1C[CH-]CN1C.CC(=O)[C@H]1C[CH-]CN1C.CC(=O)[C@H]1C[CH-]CN1C.[CH-]=C.[CH-]=C.[CH-]=C.[CH-]=C.[K+].[K+].[K+].[K+]. The van der Waals surface area contributed by atoms with E-state index in [2.05, 4.69) is 97.9 Å². The first kappa shape index (κ1) is 95.3. The molecule has 4 fully saturated rings. The van der Waals surface area contributed by atoms with Gasteiger partial charge in [0.15, 0.2) is 0 Å². The van der Waals surface area contributed by atoms with Gasteiger partial charge in [0.2, 0.25) is 0 Å². The van der Waals surface area contributed by atoms with Crippen LogP contribution in [0.3, 0.4) is 0 Å². The Hall–Kier alpha value is 4.03. The van der Waals surface area contributed by atoms with Gasteiger partial charge in [-0.25, -0.2) is 0 Å². The predicted molar refractivity (Wildman–Crippen MR) is 236 cm³/mol. The summed E-state index contributed by atoms with van der Waals surface area (Å²) in [7, 11) is 7.93.